The van der Waals surface area contributed by atoms with Gasteiger partial charge in [0.15, 0.2) is 0 Å². The summed E-state index contributed by atoms with van der Waals surface area (Å²) >= 11 is 0. The third kappa shape index (κ3) is 6.58. The van der Waals surface area contributed by atoms with Gasteiger partial charge in [-0.15, -0.1) is 0 Å². The minimum atomic E-state index is -0.867. The van der Waals surface area contributed by atoms with Crippen molar-refractivity contribution in [1.82, 2.24) is 10.2 Å². The lowest BCUT2D eigenvalue weighted by Crippen LogP contribution is -2.50. The maximum absolute atomic E-state index is 12.5. The number of methoxy groups -OCH3 is 2. The van der Waals surface area contributed by atoms with Crippen LogP contribution in [0.3, 0.4) is 0 Å². The van der Waals surface area contributed by atoms with Crippen LogP contribution in [0.4, 0.5) is 10.5 Å². The number of ether oxygens (including phenoxy) is 3. The van der Waals surface area contributed by atoms with Gasteiger partial charge in [0.2, 0.25) is 0 Å². The van der Waals surface area contributed by atoms with Crippen LogP contribution >= 0.6 is 0 Å². The molecule has 1 heterocycles. The summed E-state index contributed by atoms with van der Waals surface area (Å²) in [5.41, 5.74) is 1.71. The summed E-state index contributed by atoms with van der Waals surface area (Å²) in [7, 11) is 4.98. The van der Waals surface area contributed by atoms with Gasteiger partial charge >= 0.3 is 6.03 Å². The normalized spacial score (nSPS) is 22.2. The van der Waals surface area contributed by atoms with Crippen molar-refractivity contribution < 1.29 is 29.2 Å². The summed E-state index contributed by atoms with van der Waals surface area (Å²) in [6, 6.07) is 14.3. The van der Waals surface area contributed by atoms with E-state index >= 15 is 0 Å². The Kier molecular flexibility index (Phi) is 8.90. The lowest BCUT2D eigenvalue weighted by Gasteiger charge is -2.30. The summed E-state index contributed by atoms with van der Waals surface area (Å²) in [5, 5.41) is 25.9. The van der Waals surface area contributed by atoms with Crippen LogP contribution in [-0.2, 0) is 11.2 Å². The Hall–Kier alpha value is -2.85. The molecule has 0 spiro atoms. The second-order valence-corrected chi connectivity index (χ2v) is 8.03. The van der Waals surface area contributed by atoms with Gasteiger partial charge in [-0.3, -0.25) is 4.90 Å². The molecular weight excluding hydrogens is 426 g/mol. The van der Waals surface area contributed by atoms with Gasteiger partial charge in [-0.1, -0.05) is 30.3 Å². The average Bonchev–Trinajstić information content (AvgIpc) is 3.16. The molecule has 0 saturated carbocycles. The predicted octanol–water partition coefficient (Wildman–Crippen LogP) is 1.49. The molecule has 3 rings (SSSR count). The number of nitrogens with one attached hydrogen (secondary N) is 2. The Morgan fingerprint density at radius 3 is 2.36 bits per heavy atom. The summed E-state index contributed by atoms with van der Waals surface area (Å²) in [6.45, 7) is 0.566. The number of hydrogen-bond acceptors (Lipinski definition) is 7. The first-order valence-corrected chi connectivity index (χ1v) is 10.9. The Morgan fingerprint density at radius 1 is 1.09 bits per heavy atom. The summed E-state index contributed by atoms with van der Waals surface area (Å²) in [4.78, 5) is 14.5. The number of rotatable bonds is 10. The van der Waals surface area contributed by atoms with Crippen LogP contribution in [0.5, 0.6) is 11.5 Å². The molecule has 2 amide bonds. The number of carbonyl (C=O) groups excluding carboxylic acids is 1. The van der Waals surface area contributed by atoms with Gasteiger partial charge in [-0.2, -0.15) is 0 Å². The fraction of sp³-hybridized carbons (Fsp3) is 0.458. The van der Waals surface area contributed by atoms with Crippen LogP contribution in [0.1, 0.15) is 5.56 Å². The second kappa shape index (κ2) is 11.9. The molecule has 1 fully saturated rings. The van der Waals surface area contributed by atoms with Crippen molar-refractivity contribution >= 4 is 11.7 Å². The number of hydrogen-bond donors (Lipinski definition) is 4. The highest BCUT2D eigenvalue weighted by molar-refractivity contribution is 5.89. The number of anilines is 1. The number of aliphatic hydroxyl groups excluding tert-OH is 2. The molecule has 0 radical (unpaired) electrons. The van der Waals surface area contributed by atoms with Gasteiger partial charge in [0.1, 0.15) is 23.7 Å². The fourth-order valence-electron chi connectivity index (χ4n) is 4.04. The fourth-order valence-corrected chi connectivity index (χ4v) is 4.04. The molecule has 0 aromatic heterocycles. The van der Waals surface area contributed by atoms with Crippen LogP contribution in [0.15, 0.2) is 48.5 Å². The van der Waals surface area contributed by atoms with Crippen LogP contribution < -0.4 is 20.1 Å². The van der Waals surface area contributed by atoms with E-state index in [4.69, 9.17) is 14.2 Å². The first-order chi connectivity index (χ1) is 15.9. The standard InChI is InChI=1S/C24H33N3O6/c1-27(10-9-16-7-5-4-6-8-16)22-20(33-21(15-28)23(22)29)14-25-24(30)26-17-11-18(31-2)13-19(12-17)32-3/h4-8,11-13,20-23,28-29H,9-10,14-15H2,1-3H3,(H2,25,26,30)/t20-,21+,22-,23-/m1/s1. The molecule has 1 saturated heterocycles. The first-order valence-electron chi connectivity index (χ1n) is 10.9. The minimum Gasteiger partial charge on any atom is -0.497 e. The van der Waals surface area contributed by atoms with Gasteiger partial charge in [0, 0.05) is 37.0 Å². The lowest BCUT2D eigenvalue weighted by molar-refractivity contribution is -0.0205. The van der Waals surface area contributed by atoms with E-state index in [-0.39, 0.29) is 19.2 Å². The smallest absolute Gasteiger partial charge is 0.319 e. The van der Waals surface area contributed by atoms with Gasteiger partial charge in [0.05, 0.1) is 33.0 Å². The molecule has 0 aliphatic carbocycles. The molecule has 0 bridgehead atoms. The highest BCUT2D eigenvalue weighted by atomic mass is 16.5. The Balaban J connectivity index is 1.59. The Labute approximate surface area is 194 Å². The molecule has 2 aromatic carbocycles. The molecule has 4 N–H and O–H groups in total. The van der Waals surface area contributed by atoms with Crippen molar-refractivity contribution in [3.05, 3.63) is 54.1 Å². The first kappa shape index (κ1) is 24.8. The minimum absolute atomic E-state index is 0.168. The van der Waals surface area contributed by atoms with Crippen LogP contribution in [-0.4, -0.2) is 86.5 Å². The van der Waals surface area contributed by atoms with Crippen LogP contribution in [0, 0.1) is 0 Å². The maximum atomic E-state index is 12.5. The van der Waals surface area contributed by atoms with E-state index in [9.17, 15) is 15.0 Å². The van der Waals surface area contributed by atoms with E-state index in [2.05, 4.69) is 22.8 Å². The number of benzene rings is 2. The predicted molar refractivity (Wildman–Crippen MR) is 125 cm³/mol. The van der Waals surface area contributed by atoms with Crippen molar-refractivity contribution in [2.75, 3.05) is 46.3 Å². The lowest BCUT2D eigenvalue weighted by atomic mass is 10.0. The van der Waals surface area contributed by atoms with Gasteiger partial charge < -0.3 is 35.1 Å². The van der Waals surface area contributed by atoms with Crippen molar-refractivity contribution in [2.45, 2.75) is 30.8 Å². The quantitative estimate of drug-likeness (QED) is 0.426. The topological polar surface area (TPSA) is 113 Å². The van der Waals surface area contributed by atoms with Crippen molar-refractivity contribution in [2.24, 2.45) is 0 Å². The maximum Gasteiger partial charge on any atom is 0.319 e. The van der Waals surface area contributed by atoms with Crippen molar-refractivity contribution in [1.29, 1.82) is 0 Å². The molecule has 9 heteroatoms. The van der Waals surface area contributed by atoms with Crippen LogP contribution in [0.25, 0.3) is 0 Å². The molecule has 2 aromatic rings. The SMILES string of the molecule is COc1cc(NC(=O)NC[C@H]2O[C@@H](CO)[C@@H](O)[C@@H]2N(C)CCc2ccccc2)cc(OC)c1. The summed E-state index contributed by atoms with van der Waals surface area (Å²) in [5.74, 6) is 1.11. The van der Waals surface area contributed by atoms with E-state index < -0.39 is 24.3 Å². The third-order valence-corrected chi connectivity index (χ3v) is 5.82. The largest absolute Gasteiger partial charge is 0.497 e. The number of likely N-dealkylation sites (N-methyl/N-ethyl adjacent to an activating group) is 1. The van der Waals surface area contributed by atoms with E-state index in [1.165, 1.54) is 19.8 Å². The van der Waals surface area contributed by atoms with Gasteiger partial charge in [-0.05, 0) is 19.0 Å². The summed E-state index contributed by atoms with van der Waals surface area (Å²) < 4.78 is 16.3. The highest BCUT2D eigenvalue weighted by Crippen LogP contribution is 2.27. The monoisotopic (exact) mass is 459 g/mol. The van der Waals surface area contributed by atoms with Gasteiger partial charge in [0.25, 0.3) is 0 Å². The van der Waals surface area contributed by atoms with Crippen molar-refractivity contribution in [3.8, 4) is 11.5 Å². The number of urea groups is 1. The molecule has 1 aliphatic heterocycles. The Morgan fingerprint density at radius 2 is 1.76 bits per heavy atom. The average molecular weight is 460 g/mol. The molecular formula is C24H33N3O6. The van der Waals surface area contributed by atoms with E-state index in [1.54, 1.807) is 18.2 Å². The van der Waals surface area contributed by atoms with Crippen LogP contribution in [0.2, 0.25) is 0 Å². The highest BCUT2D eigenvalue weighted by Gasteiger charge is 2.45. The molecule has 4 atom stereocenters. The molecule has 180 valence electrons. The van der Waals surface area contributed by atoms with E-state index in [0.29, 0.717) is 23.7 Å². The van der Waals surface area contributed by atoms with Gasteiger partial charge in [-0.25, -0.2) is 4.79 Å². The number of carbonyl (C=O) groups is 1. The second-order valence-electron chi connectivity index (χ2n) is 8.03. The molecule has 9 nitrogen and oxygen atoms in total. The zero-order valence-corrected chi connectivity index (χ0v) is 19.2. The zero-order chi connectivity index (χ0) is 23.8. The zero-order valence-electron chi connectivity index (χ0n) is 19.2. The number of nitrogens with zero attached hydrogens (tertiary/aromatic N) is 1. The van der Waals surface area contributed by atoms with Crippen molar-refractivity contribution in [3.63, 3.8) is 0 Å². The van der Waals surface area contributed by atoms with E-state index in [1.807, 2.05) is 30.1 Å². The Bertz CT molecular complexity index is 875. The number of aliphatic hydroxyl groups is 2. The van der Waals surface area contributed by atoms with E-state index in [0.717, 1.165) is 6.42 Å². The molecule has 33 heavy (non-hydrogen) atoms. The third-order valence-electron chi connectivity index (χ3n) is 5.82. The number of amides is 2. The molecule has 0 unspecified atom stereocenters. The summed E-state index contributed by atoms with van der Waals surface area (Å²) in [6.07, 6.45) is -1.24. The molecule has 1 aliphatic rings.